The number of carboxylic acids is 1. The fourth-order valence-electron chi connectivity index (χ4n) is 1.53. The van der Waals surface area contributed by atoms with Crippen molar-refractivity contribution in [2.45, 2.75) is 24.7 Å². The van der Waals surface area contributed by atoms with Gasteiger partial charge in [0.15, 0.2) is 9.84 Å². The first-order chi connectivity index (χ1) is 8.85. The van der Waals surface area contributed by atoms with Gasteiger partial charge in [0, 0.05) is 12.0 Å². The maximum absolute atomic E-state index is 12.0. The van der Waals surface area contributed by atoms with E-state index in [0.29, 0.717) is 12.0 Å². The molecule has 0 radical (unpaired) electrons. The predicted octanol–water partition coefficient (Wildman–Crippen LogP) is 2.62. The van der Waals surface area contributed by atoms with Crippen LogP contribution in [0, 0.1) is 0 Å². The molecule has 0 aliphatic heterocycles. The highest BCUT2D eigenvalue weighted by Crippen LogP contribution is 2.16. The summed E-state index contributed by atoms with van der Waals surface area (Å²) in [6.45, 7) is 1.64. The molecule has 0 bridgehead atoms. The van der Waals surface area contributed by atoms with Crippen molar-refractivity contribution >= 4 is 27.4 Å². The Morgan fingerprint density at radius 3 is 2.37 bits per heavy atom. The van der Waals surface area contributed by atoms with Gasteiger partial charge in [0.25, 0.3) is 0 Å². The standard InChI is InChI=1S/C13H15ClO4S/c1-10(8-14)9-19(17,18)12-5-2-11(3-6-12)4-7-13(15)16/h2-3,5-6,8H,4,7,9H2,1H3,(H,15,16)/b10-8-. The lowest BCUT2D eigenvalue weighted by molar-refractivity contribution is -0.136. The molecule has 0 aromatic heterocycles. The van der Waals surface area contributed by atoms with Gasteiger partial charge in [0.05, 0.1) is 10.6 Å². The summed E-state index contributed by atoms with van der Waals surface area (Å²) in [6, 6.07) is 6.26. The molecule has 104 valence electrons. The number of benzene rings is 1. The third-order valence-electron chi connectivity index (χ3n) is 2.51. The molecule has 0 aliphatic rings. The number of carbonyl (C=O) groups is 1. The highest BCUT2D eigenvalue weighted by molar-refractivity contribution is 7.91. The van der Waals surface area contributed by atoms with Gasteiger partial charge in [-0.1, -0.05) is 23.7 Å². The van der Waals surface area contributed by atoms with Crippen molar-refractivity contribution in [3.63, 3.8) is 0 Å². The molecule has 0 fully saturated rings. The molecule has 4 nitrogen and oxygen atoms in total. The quantitative estimate of drug-likeness (QED) is 0.877. The van der Waals surface area contributed by atoms with Gasteiger partial charge in [0.1, 0.15) is 0 Å². The topological polar surface area (TPSA) is 71.4 Å². The highest BCUT2D eigenvalue weighted by atomic mass is 35.5. The van der Waals surface area contributed by atoms with Gasteiger partial charge >= 0.3 is 5.97 Å². The number of rotatable bonds is 6. The van der Waals surface area contributed by atoms with Crippen LogP contribution in [0.25, 0.3) is 0 Å². The van der Waals surface area contributed by atoms with Gasteiger partial charge in [-0.2, -0.15) is 0 Å². The van der Waals surface area contributed by atoms with E-state index in [1.165, 1.54) is 17.7 Å². The van der Waals surface area contributed by atoms with Crippen LogP contribution in [-0.4, -0.2) is 25.2 Å². The summed E-state index contributed by atoms with van der Waals surface area (Å²) in [6.07, 6.45) is 0.413. The third kappa shape index (κ3) is 5.04. The second-order valence-corrected chi connectivity index (χ2v) is 6.46. The maximum atomic E-state index is 12.0. The van der Waals surface area contributed by atoms with Crippen molar-refractivity contribution < 1.29 is 18.3 Å². The monoisotopic (exact) mass is 302 g/mol. The second kappa shape index (κ2) is 6.73. The molecule has 19 heavy (non-hydrogen) atoms. The lowest BCUT2D eigenvalue weighted by Crippen LogP contribution is -2.07. The van der Waals surface area contributed by atoms with E-state index in [1.807, 2.05) is 0 Å². The van der Waals surface area contributed by atoms with Crippen molar-refractivity contribution in [3.05, 3.63) is 40.9 Å². The van der Waals surface area contributed by atoms with Crippen LogP contribution in [-0.2, 0) is 21.1 Å². The Labute approximate surface area is 117 Å². The van der Waals surface area contributed by atoms with Crippen molar-refractivity contribution in [1.29, 1.82) is 0 Å². The van der Waals surface area contributed by atoms with Crippen LogP contribution < -0.4 is 0 Å². The summed E-state index contributed by atoms with van der Waals surface area (Å²) in [7, 11) is -3.39. The number of aryl methyl sites for hydroxylation is 1. The van der Waals surface area contributed by atoms with E-state index in [9.17, 15) is 13.2 Å². The second-order valence-electron chi connectivity index (χ2n) is 4.25. The average molecular weight is 303 g/mol. The fourth-order valence-corrected chi connectivity index (χ4v) is 3.10. The molecular formula is C13H15ClO4S. The van der Waals surface area contributed by atoms with Gasteiger partial charge in [-0.15, -0.1) is 0 Å². The molecule has 1 aromatic rings. The zero-order valence-electron chi connectivity index (χ0n) is 10.5. The SMILES string of the molecule is C/C(=C/Cl)CS(=O)(=O)c1ccc(CCC(=O)O)cc1. The number of sulfone groups is 1. The minimum Gasteiger partial charge on any atom is -0.481 e. The van der Waals surface area contributed by atoms with Crippen molar-refractivity contribution in [3.8, 4) is 0 Å². The summed E-state index contributed by atoms with van der Waals surface area (Å²) >= 11 is 5.46. The Balaban J connectivity index is 2.83. The maximum Gasteiger partial charge on any atom is 0.303 e. The molecule has 0 heterocycles. The van der Waals surface area contributed by atoms with E-state index in [-0.39, 0.29) is 17.1 Å². The Hall–Kier alpha value is -1.33. The number of carboxylic acid groups (broad SMARTS) is 1. The molecule has 0 unspecified atom stereocenters. The van der Waals surface area contributed by atoms with Crippen LogP contribution in [0.2, 0.25) is 0 Å². The van der Waals surface area contributed by atoms with E-state index in [1.54, 1.807) is 19.1 Å². The lowest BCUT2D eigenvalue weighted by Gasteiger charge is -2.05. The van der Waals surface area contributed by atoms with E-state index in [4.69, 9.17) is 16.7 Å². The largest absolute Gasteiger partial charge is 0.481 e. The molecule has 1 N–H and O–H groups in total. The average Bonchev–Trinajstić information content (AvgIpc) is 2.36. The van der Waals surface area contributed by atoms with Crippen LogP contribution in [0.3, 0.4) is 0 Å². The molecule has 0 saturated carbocycles. The molecule has 0 atom stereocenters. The van der Waals surface area contributed by atoms with E-state index < -0.39 is 15.8 Å². The summed E-state index contributed by atoms with van der Waals surface area (Å²) in [5, 5.41) is 8.57. The van der Waals surface area contributed by atoms with E-state index in [2.05, 4.69) is 0 Å². The first kappa shape index (κ1) is 15.7. The number of hydrogen-bond acceptors (Lipinski definition) is 3. The minimum absolute atomic E-state index is 0.0280. The number of halogens is 1. The normalized spacial score (nSPS) is 12.4. The first-order valence-electron chi connectivity index (χ1n) is 5.64. The Morgan fingerprint density at radius 1 is 1.32 bits per heavy atom. The van der Waals surface area contributed by atoms with E-state index in [0.717, 1.165) is 5.56 Å². The summed E-state index contributed by atoms with van der Waals surface area (Å²) in [4.78, 5) is 10.7. The van der Waals surface area contributed by atoms with Crippen molar-refractivity contribution in [2.24, 2.45) is 0 Å². The van der Waals surface area contributed by atoms with Gasteiger partial charge in [0.2, 0.25) is 0 Å². The van der Waals surface area contributed by atoms with Gasteiger partial charge in [-0.25, -0.2) is 8.42 Å². The third-order valence-corrected chi connectivity index (χ3v) is 4.71. The summed E-state index contributed by atoms with van der Waals surface area (Å²) in [5.41, 5.74) is 2.61. The Kier molecular flexibility index (Phi) is 5.57. The van der Waals surface area contributed by atoms with Gasteiger partial charge in [-0.05, 0) is 36.6 Å². The number of aliphatic carboxylic acids is 1. The van der Waals surface area contributed by atoms with Crippen LogP contribution in [0.1, 0.15) is 18.9 Å². The molecule has 0 amide bonds. The predicted molar refractivity (Wildman–Crippen MR) is 74.1 cm³/mol. The molecule has 1 aromatic carbocycles. The zero-order valence-corrected chi connectivity index (χ0v) is 12.0. The van der Waals surface area contributed by atoms with Crippen LogP contribution >= 0.6 is 11.6 Å². The molecule has 6 heteroatoms. The van der Waals surface area contributed by atoms with Crippen LogP contribution in [0.5, 0.6) is 0 Å². The highest BCUT2D eigenvalue weighted by Gasteiger charge is 2.14. The molecule has 0 aliphatic carbocycles. The Bertz CT molecular complexity index is 573. The molecule has 0 spiro atoms. The van der Waals surface area contributed by atoms with Crippen LogP contribution in [0.15, 0.2) is 40.3 Å². The first-order valence-corrected chi connectivity index (χ1v) is 7.73. The fraction of sp³-hybridized carbons (Fsp3) is 0.308. The minimum atomic E-state index is -3.39. The smallest absolute Gasteiger partial charge is 0.303 e. The Morgan fingerprint density at radius 2 is 1.89 bits per heavy atom. The molecular weight excluding hydrogens is 288 g/mol. The van der Waals surface area contributed by atoms with Gasteiger partial charge in [-0.3, -0.25) is 4.79 Å². The van der Waals surface area contributed by atoms with Crippen LogP contribution in [0.4, 0.5) is 0 Å². The molecule has 1 rings (SSSR count). The van der Waals surface area contributed by atoms with Crippen molar-refractivity contribution in [2.75, 3.05) is 5.75 Å². The van der Waals surface area contributed by atoms with Crippen molar-refractivity contribution in [1.82, 2.24) is 0 Å². The zero-order chi connectivity index (χ0) is 14.5. The lowest BCUT2D eigenvalue weighted by atomic mass is 10.1. The van der Waals surface area contributed by atoms with E-state index >= 15 is 0 Å². The summed E-state index contributed by atoms with van der Waals surface area (Å²) in [5.74, 6) is -0.995. The van der Waals surface area contributed by atoms with Gasteiger partial charge < -0.3 is 5.11 Å². The summed E-state index contributed by atoms with van der Waals surface area (Å²) < 4.78 is 24.0. The number of hydrogen-bond donors (Lipinski definition) is 1. The molecule has 0 saturated heterocycles.